The zero-order chi connectivity index (χ0) is 19.0. The number of aryl methyl sites for hydroxylation is 1. The van der Waals surface area contributed by atoms with E-state index in [1.807, 2.05) is 29.3 Å². The molecule has 0 spiro atoms. The van der Waals surface area contributed by atoms with Crippen LogP contribution in [0.2, 0.25) is 0 Å². The second kappa shape index (κ2) is 7.35. The molecule has 27 heavy (non-hydrogen) atoms. The van der Waals surface area contributed by atoms with Gasteiger partial charge in [0.05, 0.1) is 0 Å². The van der Waals surface area contributed by atoms with Gasteiger partial charge in [-0.1, -0.05) is 12.1 Å². The minimum atomic E-state index is -0.0234. The Bertz CT molecular complexity index is 830. The van der Waals surface area contributed by atoms with Crippen molar-refractivity contribution in [3.8, 4) is 11.4 Å². The van der Waals surface area contributed by atoms with Gasteiger partial charge in [0, 0.05) is 54.9 Å². The van der Waals surface area contributed by atoms with Gasteiger partial charge in [-0.3, -0.25) is 4.90 Å². The molecule has 1 aromatic carbocycles. The monoisotopic (exact) mass is 367 g/mol. The molecule has 1 N–H and O–H groups in total. The third kappa shape index (κ3) is 3.46. The lowest BCUT2D eigenvalue weighted by atomic mass is 10.1. The fourth-order valence-electron chi connectivity index (χ4n) is 4.19. The van der Waals surface area contributed by atoms with Crippen molar-refractivity contribution in [3.05, 3.63) is 36.2 Å². The highest BCUT2D eigenvalue weighted by Crippen LogP contribution is 2.27. The largest absolute Gasteiger partial charge is 0.328 e. The number of nitrogens with one attached hydrogen (secondary N) is 1. The summed E-state index contributed by atoms with van der Waals surface area (Å²) in [5, 5.41) is 3.09. The van der Waals surface area contributed by atoms with E-state index in [0.717, 1.165) is 43.1 Å². The summed E-state index contributed by atoms with van der Waals surface area (Å²) in [5.41, 5.74) is 3.19. The average molecular weight is 367 g/mol. The van der Waals surface area contributed by atoms with Crippen LogP contribution < -0.4 is 5.32 Å². The molecule has 3 heterocycles. The molecule has 1 aromatic heterocycles. The number of hydrogen-bond acceptors (Lipinski definition) is 3. The Labute approximate surface area is 161 Å². The number of imidazole rings is 1. The summed E-state index contributed by atoms with van der Waals surface area (Å²) >= 11 is 0. The molecular formula is C21H29N5O. The highest BCUT2D eigenvalue weighted by Gasteiger charge is 2.31. The standard InChI is InChI=1S/C21H29N5O/c1-15-16(2)25(12-11-24(15)3)21(27)23-18-8-6-7-17(13-18)20-22-14-19-9-4-5-10-26(19)20/h6-8,13-16H,4-5,9-12H2,1-3H3,(H,23,27). The number of amides is 2. The molecule has 0 saturated carbocycles. The highest BCUT2D eigenvalue weighted by molar-refractivity contribution is 5.90. The van der Waals surface area contributed by atoms with Gasteiger partial charge in [0.2, 0.25) is 0 Å². The van der Waals surface area contributed by atoms with Crippen molar-refractivity contribution >= 4 is 11.7 Å². The van der Waals surface area contributed by atoms with Crippen LogP contribution in [0.15, 0.2) is 30.5 Å². The summed E-state index contributed by atoms with van der Waals surface area (Å²) in [6.07, 6.45) is 5.53. The maximum absolute atomic E-state index is 12.8. The lowest BCUT2D eigenvalue weighted by Crippen LogP contribution is -2.58. The summed E-state index contributed by atoms with van der Waals surface area (Å²) in [7, 11) is 2.12. The van der Waals surface area contributed by atoms with Gasteiger partial charge < -0.3 is 14.8 Å². The Morgan fingerprint density at radius 3 is 2.85 bits per heavy atom. The molecule has 2 amide bonds. The molecule has 4 rings (SSSR count). The number of carbonyl (C=O) groups is 1. The van der Waals surface area contributed by atoms with Crippen molar-refractivity contribution in [1.29, 1.82) is 0 Å². The van der Waals surface area contributed by atoms with Gasteiger partial charge in [-0.05, 0) is 52.3 Å². The maximum atomic E-state index is 12.8. The molecule has 2 aliphatic heterocycles. The molecule has 1 saturated heterocycles. The van der Waals surface area contributed by atoms with E-state index in [1.54, 1.807) is 0 Å². The smallest absolute Gasteiger partial charge is 0.322 e. The number of anilines is 1. The van der Waals surface area contributed by atoms with Crippen LogP contribution in [0.3, 0.4) is 0 Å². The maximum Gasteiger partial charge on any atom is 0.322 e. The summed E-state index contributed by atoms with van der Waals surface area (Å²) in [6, 6.07) is 8.56. The van der Waals surface area contributed by atoms with Crippen molar-refractivity contribution in [2.75, 3.05) is 25.5 Å². The number of hydrogen-bond donors (Lipinski definition) is 1. The lowest BCUT2D eigenvalue weighted by molar-refractivity contribution is 0.0796. The van der Waals surface area contributed by atoms with E-state index in [1.165, 1.54) is 18.5 Å². The predicted octanol–water partition coefficient (Wildman–Crippen LogP) is 3.44. The molecule has 2 unspecified atom stereocenters. The highest BCUT2D eigenvalue weighted by atomic mass is 16.2. The van der Waals surface area contributed by atoms with Gasteiger partial charge in [-0.25, -0.2) is 9.78 Å². The number of urea groups is 1. The van der Waals surface area contributed by atoms with Crippen LogP contribution >= 0.6 is 0 Å². The lowest BCUT2D eigenvalue weighted by Gasteiger charge is -2.43. The molecule has 0 radical (unpaired) electrons. The Morgan fingerprint density at radius 2 is 2.00 bits per heavy atom. The summed E-state index contributed by atoms with van der Waals surface area (Å²) in [4.78, 5) is 21.7. The van der Waals surface area contributed by atoms with E-state index in [2.05, 4.69) is 46.7 Å². The van der Waals surface area contributed by atoms with E-state index in [-0.39, 0.29) is 12.1 Å². The molecule has 2 aromatic rings. The molecule has 2 atom stereocenters. The van der Waals surface area contributed by atoms with Crippen molar-refractivity contribution in [1.82, 2.24) is 19.4 Å². The minimum Gasteiger partial charge on any atom is -0.328 e. The fourth-order valence-corrected chi connectivity index (χ4v) is 4.19. The SMILES string of the molecule is CC1C(C)N(C(=O)Nc2cccc(-c3ncc4n3CCCC4)c2)CCN1C. The van der Waals surface area contributed by atoms with Gasteiger partial charge >= 0.3 is 6.03 Å². The number of rotatable bonds is 2. The third-order valence-electron chi connectivity index (χ3n) is 6.21. The number of aromatic nitrogens is 2. The first-order valence-electron chi connectivity index (χ1n) is 9.97. The normalized spacial score (nSPS) is 23.1. The van der Waals surface area contributed by atoms with Crippen molar-refractivity contribution < 1.29 is 4.79 Å². The molecule has 6 heteroatoms. The van der Waals surface area contributed by atoms with Crippen LogP contribution in [-0.4, -0.2) is 57.6 Å². The van der Waals surface area contributed by atoms with Gasteiger partial charge in [0.15, 0.2) is 0 Å². The van der Waals surface area contributed by atoms with Crippen LogP contribution in [0, 0.1) is 0 Å². The molecule has 2 aliphatic rings. The quantitative estimate of drug-likeness (QED) is 0.885. The number of piperazine rings is 1. The van der Waals surface area contributed by atoms with Crippen LogP contribution in [-0.2, 0) is 13.0 Å². The predicted molar refractivity (Wildman–Crippen MR) is 108 cm³/mol. The number of likely N-dealkylation sites (N-methyl/N-ethyl adjacent to an activating group) is 1. The number of benzene rings is 1. The minimum absolute atomic E-state index is 0.0234. The van der Waals surface area contributed by atoms with Crippen molar-refractivity contribution in [2.24, 2.45) is 0 Å². The third-order valence-corrected chi connectivity index (χ3v) is 6.21. The van der Waals surface area contributed by atoms with E-state index in [0.29, 0.717) is 6.04 Å². The topological polar surface area (TPSA) is 53.4 Å². The van der Waals surface area contributed by atoms with E-state index >= 15 is 0 Å². The first kappa shape index (κ1) is 18.0. The summed E-state index contributed by atoms with van der Waals surface area (Å²) < 4.78 is 2.31. The summed E-state index contributed by atoms with van der Waals surface area (Å²) in [5.74, 6) is 1.00. The van der Waals surface area contributed by atoms with Gasteiger partial charge in [-0.15, -0.1) is 0 Å². The zero-order valence-electron chi connectivity index (χ0n) is 16.5. The second-order valence-electron chi connectivity index (χ2n) is 7.85. The van der Waals surface area contributed by atoms with Crippen molar-refractivity contribution in [3.63, 3.8) is 0 Å². The van der Waals surface area contributed by atoms with E-state index in [9.17, 15) is 4.79 Å². The Hall–Kier alpha value is -2.34. The fraction of sp³-hybridized carbons (Fsp3) is 0.524. The molecule has 6 nitrogen and oxygen atoms in total. The van der Waals surface area contributed by atoms with Gasteiger partial charge in [0.1, 0.15) is 5.82 Å². The second-order valence-corrected chi connectivity index (χ2v) is 7.85. The number of nitrogens with zero attached hydrogens (tertiary/aromatic N) is 4. The van der Waals surface area contributed by atoms with E-state index in [4.69, 9.17) is 0 Å². The molecule has 0 aliphatic carbocycles. The average Bonchev–Trinajstić information content (AvgIpc) is 3.10. The van der Waals surface area contributed by atoms with Gasteiger partial charge in [-0.2, -0.15) is 0 Å². The molecule has 1 fully saturated rings. The van der Waals surface area contributed by atoms with Crippen LogP contribution in [0.5, 0.6) is 0 Å². The van der Waals surface area contributed by atoms with E-state index < -0.39 is 0 Å². The Balaban J connectivity index is 1.52. The van der Waals surface area contributed by atoms with Gasteiger partial charge in [0.25, 0.3) is 0 Å². The first-order chi connectivity index (χ1) is 13.0. The molecule has 144 valence electrons. The molecule has 0 bridgehead atoms. The Morgan fingerprint density at radius 1 is 1.15 bits per heavy atom. The van der Waals surface area contributed by atoms with Crippen molar-refractivity contribution in [2.45, 2.75) is 51.7 Å². The first-order valence-corrected chi connectivity index (χ1v) is 9.97. The molecular weight excluding hydrogens is 338 g/mol. The number of fused-ring (bicyclic) bond motifs is 1. The Kier molecular flexibility index (Phi) is 4.91. The van der Waals surface area contributed by atoms with Crippen LogP contribution in [0.1, 0.15) is 32.4 Å². The van der Waals surface area contributed by atoms with Crippen LogP contribution in [0.25, 0.3) is 11.4 Å². The van der Waals surface area contributed by atoms with Crippen LogP contribution in [0.4, 0.5) is 10.5 Å². The number of carbonyl (C=O) groups excluding carboxylic acids is 1. The zero-order valence-corrected chi connectivity index (χ0v) is 16.5. The summed E-state index contributed by atoms with van der Waals surface area (Å²) in [6.45, 7) is 6.97.